The molecule has 0 radical (unpaired) electrons. The van der Waals surface area contributed by atoms with Gasteiger partial charge < -0.3 is 10.2 Å². The Kier molecular flexibility index (Phi) is 5.81. The lowest BCUT2D eigenvalue weighted by molar-refractivity contribution is 0.243. The van der Waals surface area contributed by atoms with Crippen LogP contribution in [0.3, 0.4) is 0 Å². The largest absolute Gasteiger partial charge is 0.368 e. The molecule has 1 fully saturated rings. The second-order valence-electron chi connectivity index (χ2n) is 8.16. The molecule has 5 nitrogen and oxygen atoms in total. The van der Waals surface area contributed by atoms with Gasteiger partial charge in [0.25, 0.3) is 0 Å². The number of rotatable bonds is 3. The van der Waals surface area contributed by atoms with Crippen LogP contribution in [0.1, 0.15) is 26.3 Å². The average Bonchev–Trinajstić information content (AvgIpc) is 3.10. The minimum Gasteiger partial charge on any atom is -0.368 e. The first-order valence-corrected chi connectivity index (χ1v) is 10.6. The Morgan fingerprint density at radius 3 is 2.53 bits per heavy atom. The van der Waals surface area contributed by atoms with E-state index in [-0.39, 0.29) is 17.6 Å². The molecule has 2 aromatic heterocycles. The van der Waals surface area contributed by atoms with Crippen LogP contribution in [-0.4, -0.2) is 39.5 Å². The number of nitriles is 1. The Balaban J connectivity index is 2.22. The number of fused-ring (bicyclic) bond motifs is 3. The Labute approximate surface area is 185 Å². The minimum atomic E-state index is -0.973. The number of hydrogen-bond donors (Lipinski definition) is 1. The summed E-state index contributed by atoms with van der Waals surface area (Å²) in [5.74, 6) is -1.94. The molecule has 7 heteroatoms. The third-order valence-electron chi connectivity index (χ3n) is 5.64. The lowest BCUT2D eigenvalue weighted by Gasteiger charge is -2.38. The second kappa shape index (κ2) is 8.56. The Morgan fingerprint density at radius 1 is 1.22 bits per heavy atom. The van der Waals surface area contributed by atoms with Crippen LogP contribution in [0.4, 0.5) is 8.78 Å². The van der Waals surface area contributed by atoms with Gasteiger partial charge in [0.15, 0.2) is 17.3 Å². The molecule has 0 amide bonds. The number of hydrogen-bond acceptors (Lipinski definition) is 4. The molecule has 0 saturated carbocycles. The fourth-order valence-electron chi connectivity index (χ4n) is 4.51. The predicted octanol–water partition coefficient (Wildman–Crippen LogP) is 2.97. The number of imidazole rings is 1. The van der Waals surface area contributed by atoms with Gasteiger partial charge in [-0.3, -0.25) is 4.40 Å². The van der Waals surface area contributed by atoms with E-state index in [1.54, 1.807) is 16.5 Å². The number of nitrogens with zero attached hydrogens (tertiary/aromatic N) is 4. The maximum absolute atomic E-state index is 14.2. The Bertz CT molecular complexity index is 1400. The number of pyridine rings is 1. The van der Waals surface area contributed by atoms with Gasteiger partial charge in [0.2, 0.25) is 0 Å². The van der Waals surface area contributed by atoms with Gasteiger partial charge in [-0.25, -0.2) is 13.8 Å². The van der Waals surface area contributed by atoms with Crippen molar-refractivity contribution in [3.05, 3.63) is 70.8 Å². The van der Waals surface area contributed by atoms with Gasteiger partial charge in [-0.15, -0.1) is 0 Å². The quantitative estimate of drug-likeness (QED) is 0.690. The first-order valence-electron chi connectivity index (χ1n) is 10.6. The van der Waals surface area contributed by atoms with E-state index in [0.29, 0.717) is 22.1 Å². The lowest BCUT2D eigenvalue weighted by Crippen LogP contribution is -2.54. The summed E-state index contributed by atoms with van der Waals surface area (Å²) in [5.41, 5.74) is 2.31. The highest BCUT2D eigenvalue weighted by Gasteiger charge is 2.23. The van der Waals surface area contributed by atoms with Gasteiger partial charge in [0.1, 0.15) is 6.07 Å². The molecule has 1 aliphatic heterocycles. The van der Waals surface area contributed by atoms with E-state index in [2.05, 4.69) is 41.7 Å². The molecule has 32 heavy (non-hydrogen) atoms. The summed E-state index contributed by atoms with van der Waals surface area (Å²) in [7, 11) is 0. The molecule has 164 valence electrons. The molecule has 3 aromatic rings. The summed E-state index contributed by atoms with van der Waals surface area (Å²) in [5, 5.41) is 14.9. The number of nitrogens with one attached hydrogen (secondary N) is 1. The van der Waals surface area contributed by atoms with Crippen molar-refractivity contribution in [1.82, 2.24) is 19.6 Å². The van der Waals surface area contributed by atoms with E-state index in [9.17, 15) is 14.0 Å². The van der Waals surface area contributed by atoms with Crippen LogP contribution in [0.5, 0.6) is 0 Å². The normalized spacial score (nSPS) is 20.9. The number of aromatic nitrogens is 2. The van der Waals surface area contributed by atoms with Crippen LogP contribution in [0.25, 0.3) is 28.5 Å². The molecule has 3 heterocycles. The topological polar surface area (TPSA) is 56.4 Å². The van der Waals surface area contributed by atoms with Crippen molar-refractivity contribution >= 4 is 28.5 Å². The summed E-state index contributed by atoms with van der Waals surface area (Å²) in [4.78, 5) is 6.73. The first-order chi connectivity index (χ1) is 15.4. The van der Waals surface area contributed by atoms with Gasteiger partial charge >= 0.3 is 0 Å². The maximum atomic E-state index is 14.2. The third-order valence-corrected chi connectivity index (χ3v) is 5.64. The van der Waals surface area contributed by atoms with Gasteiger partial charge in [0, 0.05) is 48.2 Å². The van der Waals surface area contributed by atoms with Crippen molar-refractivity contribution < 1.29 is 8.78 Å². The lowest BCUT2D eigenvalue weighted by atomic mass is 10.1. The molecule has 2 atom stereocenters. The molecule has 1 N–H and O–H groups in total. The monoisotopic (exact) mass is 433 g/mol. The number of halogens is 2. The highest BCUT2D eigenvalue weighted by atomic mass is 19.2. The van der Waals surface area contributed by atoms with Crippen molar-refractivity contribution in [2.45, 2.75) is 32.9 Å². The highest BCUT2D eigenvalue weighted by molar-refractivity contribution is 5.83. The zero-order valence-electron chi connectivity index (χ0n) is 18.4. The van der Waals surface area contributed by atoms with Crippen LogP contribution in [0.15, 0.2) is 43.0 Å². The molecule has 1 saturated heterocycles. The van der Waals surface area contributed by atoms with Crippen LogP contribution < -0.4 is 15.9 Å². The van der Waals surface area contributed by atoms with E-state index in [0.717, 1.165) is 36.1 Å². The van der Waals surface area contributed by atoms with E-state index >= 15 is 0 Å². The smallest absolute Gasteiger partial charge is 0.161 e. The zero-order chi connectivity index (χ0) is 23.0. The molecule has 0 unspecified atom stereocenters. The number of allylic oxidation sites excluding steroid dienone is 2. The van der Waals surface area contributed by atoms with Gasteiger partial charge in [-0.1, -0.05) is 18.7 Å². The first kappa shape index (κ1) is 21.7. The molecule has 4 rings (SSSR count). The van der Waals surface area contributed by atoms with E-state index < -0.39 is 11.6 Å². The van der Waals surface area contributed by atoms with Crippen molar-refractivity contribution in [3.8, 4) is 6.07 Å². The molecule has 0 aliphatic carbocycles. The van der Waals surface area contributed by atoms with Crippen LogP contribution in [-0.2, 0) is 0 Å². The zero-order valence-corrected chi connectivity index (χ0v) is 18.4. The summed E-state index contributed by atoms with van der Waals surface area (Å²) in [6.07, 6.45) is 7.44. The van der Waals surface area contributed by atoms with E-state index in [1.807, 2.05) is 25.2 Å². The minimum absolute atomic E-state index is 0.285. The molecule has 1 aromatic carbocycles. The van der Waals surface area contributed by atoms with E-state index in [1.165, 1.54) is 0 Å². The predicted molar refractivity (Wildman–Crippen MR) is 123 cm³/mol. The SMILES string of the molecule is C=C/C=c1/c(=C(\C=C/C)N2C[C@@H](C)N[C@@H](C)C2)cc(C#N)c2nc3cc(F)c(F)cc3n12. The highest BCUT2D eigenvalue weighted by Crippen LogP contribution is 2.20. The summed E-state index contributed by atoms with van der Waals surface area (Å²) >= 11 is 0. The van der Waals surface area contributed by atoms with E-state index in [4.69, 9.17) is 0 Å². The molecule has 0 spiro atoms. The van der Waals surface area contributed by atoms with Crippen LogP contribution >= 0.6 is 0 Å². The third kappa shape index (κ3) is 3.67. The van der Waals surface area contributed by atoms with Crippen molar-refractivity contribution in [3.63, 3.8) is 0 Å². The molecular weight excluding hydrogens is 408 g/mol. The standard InChI is InChI=1S/C25H25F2N5/c1-5-7-22(31-13-15(3)29-16(4)14-31)18-9-17(12-28)25-30-21-10-19(26)20(27)11-24(21)32(25)23(18)8-6-2/h5-11,15-16,29H,2,13-14H2,1,3-4H3/b7-5-,22-18+,23-8-/t15-,16+. The second-order valence-corrected chi connectivity index (χ2v) is 8.16. The van der Waals surface area contributed by atoms with Crippen LogP contribution in [0, 0.1) is 23.0 Å². The van der Waals surface area contributed by atoms with Crippen LogP contribution in [0.2, 0.25) is 0 Å². The average molecular weight is 434 g/mol. The van der Waals surface area contributed by atoms with Gasteiger partial charge in [-0.2, -0.15) is 5.26 Å². The maximum Gasteiger partial charge on any atom is 0.161 e. The molecule has 1 aliphatic rings. The summed E-state index contributed by atoms with van der Waals surface area (Å²) in [6.45, 7) is 11.6. The fourth-order valence-corrected chi connectivity index (χ4v) is 4.51. The summed E-state index contributed by atoms with van der Waals surface area (Å²) < 4.78 is 29.8. The van der Waals surface area contributed by atoms with Gasteiger partial charge in [0.05, 0.1) is 21.9 Å². The Hall–Kier alpha value is -3.50. The number of piperazine rings is 1. The van der Waals surface area contributed by atoms with Crippen molar-refractivity contribution in [2.24, 2.45) is 0 Å². The molecule has 0 bridgehead atoms. The Morgan fingerprint density at radius 2 is 1.91 bits per heavy atom. The fraction of sp³-hybridized carbons (Fsp3) is 0.280. The summed E-state index contributed by atoms with van der Waals surface area (Å²) in [6, 6.07) is 6.77. The van der Waals surface area contributed by atoms with Gasteiger partial charge in [-0.05, 0) is 39.0 Å². The molecular formula is C25H25F2N5. The van der Waals surface area contributed by atoms with Crippen molar-refractivity contribution in [2.75, 3.05) is 13.1 Å². The van der Waals surface area contributed by atoms with Crippen molar-refractivity contribution in [1.29, 1.82) is 5.26 Å². The number of benzene rings is 1.